The molecule has 0 saturated carbocycles. The Bertz CT molecular complexity index is 4880. The number of phenolic OH excluding ortho intramolecular Hbond substituents is 4. The Morgan fingerprint density at radius 2 is 0.538 bits per heavy atom. The predicted molar refractivity (Wildman–Crippen MR) is 385 cm³/mol. The first-order valence-electron chi connectivity index (χ1n) is 33.3. The van der Waals surface area contributed by atoms with Gasteiger partial charge in [-0.1, -0.05) is 48.5 Å². The number of esters is 3. The van der Waals surface area contributed by atoms with E-state index in [2.05, 4.69) is 0 Å². The molecule has 4 N–H and O–H groups in total. The normalized spacial score (nSPS) is 17.8. The summed E-state index contributed by atoms with van der Waals surface area (Å²) in [4.78, 5) is 61.1. The number of rotatable bonds is 16. The van der Waals surface area contributed by atoms with Gasteiger partial charge in [0.1, 0.15) is 0 Å². The molecule has 17 rings (SSSR count). The van der Waals surface area contributed by atoms with Crippen molar-refractivity contribution in [3.63, 3.8) is 0 Å². The summed E-state index contributed by atoms with van der Waals surface area (Å²) < 4.78 is 82.7. The number of hydrogen-bond donors (Lipinski definition) is 4. The van der Waals surface area contributed by atoms with Crippen LogP contribution in [-0.4, -0.2) is 67.2 Å². The second-order valence-electron chi connectivity index (χ2n) is 25.0. The molecule has 1 unspecified atom stereocenters. The van der Waals surface area contributed by atoms with Gasteiger partial charge in [0.05, 0.1) is 0 Å². The number of benzene rings is 12. The minimum absolute atomic E-state index is 0.0712. The van der Waals surface area contributed by atoms with E-state index in [9.17, 15) is 20.4 Å². The monoisotopic (exact) mass is 1530 g/mol. The third-order valence-corrected chi connectivity index (χ3v) is 22.1. The van der Waals surface area contributed by atoms with Crippen LogP contribution >= 0.6 is 20.6 Å². The molecule has 5 aliphatic heterocycles. The van der Waals surface area contributed by atoms with Crippen LogP contribution in [0.3, 0.4) is 0 Å². The molecular weight excluding hydrogens is 1470 g/mol. The maximum atomic E-state index is 15.4. The summed E-state index contributed by atoms with van der Waals surface area (Å²) in [5.74, 6) is -14.5. The summed E-state index contributed by atoms with van der Waals surface area (Å²) in [5, 5.41) is 47.5. The van der Waals surface area contributed by atoms with Crippen molar-refractivity contribution in [2.45, 2.75) is 39.5 Å². The SMILES string of the molecule is O=C(OC1COI(OC(=O)c2cc(O)c3c(c2)OC(c2ccccc2)(c2ccccc2)O3)[C@H](OC(=O)c2cc(O)c3c(c2)OC(c2ccccc2)(c2ccccc2)O3)[C@H]1OC(=O)c1cc(O)c2c(c1)OC(c1ccccc1)(c1ccccc1)O2)c1cc(O)c2c(c1)OC(c1ccccc1)(c1ccccc1)O2. The summed E-state index contributed by atoms with van der Waals surface area (Å²) in [6.07, 6.45) is -3.83. The Labute approximate surface area is 611 Å². The summed E-state index contributed by atoms with van der Waals surface area (Å²) in [6.45, 7) is -0.727. The van der Waals surface area contributed by atoms with E-state index in [-0.39, 0.29) is 68.2 Å². The molecule has 1 fully saturated rings. The van der Waals surface area contributed by atoms with Gasteiger partial charge in [-0.2, -0.15) is 0 Å². The maximum absolute atomic E-state index is 15.4. The second kappa shape index (κ2) is 26.6. The Morgan fingerprint density at radius 1 is 0.302 bits per heavy atom. The standard InChI is InChI=1S/C84H57IO21/c86-62-41-50(45-66-71(62)102-81(98-66,54-25-9-1-10-26-54)55-27-11-2-12-28-55)77(90)95-70-49-94-85(106-80(93)53-44-65(89)74-69(48-53)101-84(105-74,60-37-21-7-22-38-60)61-39-23-8-24-40-61)76(97-79(92)52-43-64(88)73-68(47-52)100-83(104-73,58-33-17-5-18-34-58)59-35-19-6-20-36-59)75(70)96-78(91)51-42-63(87)72-67(46-51)99-82(103-72,56-29-13-3-14-30-56)57-31-15-4-16-32-57/h1-48,70,75-76,86-89H,49H2/t70?,75-,76+/m0/s1. The van der Waals surface area contributed by atoms with Crippen LogP contribution in [0.1, 0.15) is 85.9 Å². The predicted octanol–water partition coefficient (Wildman–Crippen LogP) is 15.4. The minimum atomic E-state index is -4.49. The van der Waals surface area contributed by atoms with Crippen LogP contribution in [0.5, 0.6) is 69.0 Å². The number of phenols is 4. The van der Waals surface area contributed by atoms with Crippen LogP contribution in [0.15, 0.2) is 291 Å². The molecule has 1 saturated heterocycles. The molecule has 21 nitrogen and oxygen atoms in total. The van der Waals surface area contributed by atoms with Crippen molar-refractivity contribution in [3.05, 3.63) is 358 Å². The van der Waals surface area contributed by atoms with Gasteiger partial charge >= 0.3 is 567 Å². The number of hydrogen-bond acceptors (Lipinski definition) is 21. The van der Waals surface area contributed by atoms with Crippen molar-refractivity contribution in [1.82, 2.24) is 0 Å². The van der Waals surface area contributed by atoms with Crippen LogP contribution in [-0.2, 0) is 43.5 Å². The van der Waals surface area contributed by atoms with Crippen molar-refractivity contribution in [1.29, 1.82) is 0 Å². The molecule has 5 heterocycles. The number of carbonyl (C=O) groups excluding carboxylic acids is 4. The van der Waals surface area contributed by atoms with Crippen LogP contribution < -0.4 is 37.9 Å². The summed E-state index contributed by atoms with van der Waals surface area (Å²) in [5.41, 5.74) is 2.90. The first-order chi connectivity index (χ1) is 51.7. The molecular formula is C84H57IO21. The van der Waals surface area contributed by atoms with E-state index < -0.39 is 114 Å². The molecule has 526 valence electrons. The molecule has 5 aliphatic rings. The van der Waals surface area contributed by atoms with E-state index in [1.807, 2.05) is 48.5 Å². The van der Waals surface area contributed by atoms with Crippen molar-refractivity contribution < 1.29 is 97.8 Å². The number of halogens is 1. The molecule has 0 aliphatic carbocycles. The van der Waals surface area contributed by atoms with E-state index >= 15 is 19.2 Å². The number of fused-ring (bicyclic) bond motifs is 4. The average molecular weight is 1530 g/mol. The third-order valence-electron chi connectivity index (χ3n) is 18.3. The van der Waals surface area contributed by atoms with Crippen molar-refractivity contribution in [2.75, 3.05) is 6.61 Å². The van der Waals surface area contributed by atoms with Crippen LogP contribution in [0.2, 0.25) is 0 Å². The summed E-state index contributed by atoms with van der Waals surface area (Å²) in [6, 6.07) is 80.8. The first kappa shape index (κ1) is 66.1. The van der Waals surface area contributed by atoms with E-state index in [4.69, 9.17) is 58.2 Å². The van der Waals surface area contributed by atoms with Gasteiger partial charge in [-0.05, 0) is 0 Å². The van der Waals surface area contributed by atoms with Gasteiger partial charge in [-0.25, -0.2) is 0 Å². The molecule has 0 radical (unpaired) electrons. The van der Waals surface area contributed by atoms with Crippen LogP contribution in [0.4, 0.5) is 0 Å². The fraction of sp³-hybridized carbons (Fsp3) is 0.0952. The van der Waals surface area contributed by atoms with Gasteiger partial charge in [0, 0.05) is 0 Å². The number of aromatic hydroxyl groups is 4. The van der Waals surface area contributed by atoms with E-state index in [1.165, 1.54) is 24.3 Å². The van der Waals surface area contributed by atoms with Gasteiger partial charge in [0.15, 0.2) is 0 Å². The average Bonchev–Trinajstić information content (AvgIpc) is 1.58. The number of ether oxygens (including phenoxy) is 11. The van der Waals surface area contributed by atoms with Gasteiger partial charge in [0.25, 0.3) is 0 Å². The number of carbonyl (C=O) groups is 4. The quantitative estimate of drug-likeness (QED) is 0.0303. The zero-order valence-corrected chi connectivity index (χ0v) is 57.4. The fourth-order valence-corrected chi connectivity index (χ4v) is 17.0. The van der Waals surface area contributed by atoms with Gasteiger partial charge in [-0.3, -0.25) is 0 Å². The zero-order valence-electron chi connectivity index (χ0n) is 55.3. The Kier molecular flexibility index (Phi) is 16.6. The van der Waals surface area contributed by atoms with E-state index in [1.54, 1.807) is 194 Å². The Hall–Kier alpha value is -13.2. The van der Waals surface area contributed by atoms with Crippen molar-refractivity contribution >= 4 is 44.5 Å². The van der Waals surface area contributed by atoms with Crippen LogP contribution in [0, 0.1) is 0 Å². The molecule has 106 heavy (non-hydrogen) atoms. The summed E-state index contributed by atoms with van der Waals surface area (Å²) >= 11 is -4.49. The second-order valence-corrected chi connectivity index (χ2v) is 28.6. The van der Waals surface area contributed by atoms with Crippen molar-refractivity contribution in [3.8, 4) is 69.0 Å². The van der Waals surface area contributed by atoms with Crippen molar-refractivity contribution in [2.24, 2.45) is 0 Å². The third kappa shape index (κ3) is 11.6. The fourth-order valence-electron chi connectivity index (χ4n) is 13.3. The van der Waals surface area contributed by atoms with E-state index in [0.29, 0.717) is 44.5 Å². The molecule has 12 aromatic rings. The molecule has 12 aromatic carbocycles. The number of alkyl halides is 1. The van der Waals surface area contributed by atoms with Gasteiger partial charge in [-0.15, -0.1) is 0 Å². The molecule has 0 amide bonds. The molecule has 0 aromatic heterocycles. The molecule has 0 spiro atoms. The first-order valence-corrected chi connectivity index (χ1v) is 36.3. The molecule has 3 atom stereocenters. The molecule has 0 bridgehead atoms. The topological polar surface area (TPSA) is 269 Å². The summed E-state index contributed by atoms with van der Waals surface area (Å²) in [7, 11) is 0. The van der Waals surface area contributed by atoms with Gasteiger partial charge < -0.3 is 0 Å². The Morgan fingerprint density at radius 3 is 0.802 bits per heavy atom. The molecule has 22 heteroatoms. The van der Waals surface area contributed by atoms with Gasteiger partial charge in [0.2, 0.25) is 0 Å². The zero-order chi connectivity index (χ0) is 72.3. The van der Waals surface area contributed by atoms with E-state index in [0.717, 1.165) is 24.3 Å². The van der Waals surface area contributed by atoms with Crippen LogP contribution in [0.25, 0.3) is 0 Å². The Balaban J connectivity index is 0.754.